The van der Waals surface area contributed by atoms with Crippen molar-refractivity contribution in [3.05, 3.63) is 12.2 Å². The summed E-state index contributed by atoms with van der Waals surface area (Å²) in [6.07, 6.45) is 32.1. The lowest BCUT2D eigenvalue weighted by atomic mass is 10.0. The normalized spacial score (nSPS) is 15.0. The van der Waals surface area contributed by atoms with E-state index in [1.807, 2.05) is 0 Å². The molecule has 0 aliphatic rings. The van der Waals surface area contributed by atoms with Crippen molar-refractivity contribution in [1.29, 1.82) is 0 Å². The molecule has 0 heterocycles. The molecular weight excluding hydrogens is 578 g/mol. The molecule has 0 amide bonds. The van der Waals surface area contributed by atoms with Gasteiger partial charge in [0.05, 0.1) is 38.0 Å². The monoisotopic (exact) mass is 652 g/mol. The summed E-state index contributed by atoms with van der Waals surface area (Å²) in [6.45, 7) is 9.94. The third-order valence-electron chi connectivity index (χ3n) is 10.00. The predicted molar refractivity (Wildman–Crippen MR) is 189 cm³/mol. The zero-order valence-electron chi connectivity index (χ0n) is 30.5. The number of carboxylic acids is 3. The second kappa shape index (κ2) is 29.3. The Hall–Kier alpha value is -1.89. The predicted octanol–water partition coefficient (Wildman–Crippen LogP) is 9.18. The maximum atomic E-state index is 11.5. The van der Waals surface area contributed by atoms with Crippen LogP contribution < -0.4 is 5.11 Å². The fourth-order valence-electron chi connectivity index (χ4n) is 6.19. The number of hydrogen-bond acceptors (Lipinski definition) is 4. The van der Waals surface area contributed by atoms with Crippen molar-refractivity contribution in [2.24, 2.45) is 17.8 Å². The molecular formula is C39H73NO6. The number of nitrogens with zero attached hydrogens (tertiary/aromatic N) is 1. The molecule has 0 saturated carbocycles. The van der Waals surface area contributed by atoms with Gasteiger partial charge in [0.1, 0.15) is 0 Å². The molecule has 0 radical (unpaired) electrons. The number of rotatable bonds is 34. The molecule has 0 bridgehead atoms. The third-order valence-corrected chi connectivity index (χ3v) is 10.00. The molecule has 0 aromatic carbocycles. The van der Waals surface area contributed by atoms with Crippen LogP contribution in [0.4, 0.5) is 0 Å². The van der Waals surface area contributed by atoms with E-state index in [0.717, 1.165) is 38.6 Å². The fourth-order valence-corrected chi connectivity index (χ4v) is 6.19. The molecule has 3 unspecified atom stereocenters. The van der Waals surface area contributed by atoms with Crippen LogP contribution in [0.3, 0.4) is 0 Å². The van der Waals surface area contributed by atoms with Gasteiger partial charge in [-0.3, -0.25) is 9.59 Å². The number of unbranched alkanes of at least 4 members (excludes halogenated alkanes) is 18. The highest BCUT2D eigenvalue weighted by atomic mass is 16.4. The topological polar surface area (TPSA) is 115 Å². The summed E-state index contributed by atoms with van der Waals surface area (Å²) in [5.41, 5.74) is 0. The molecule has 7 heteroatoms. The lowest BCUT2D eigenvalue weighted by Crippen LogP contribution is -2.52. The van der Waals surface area contributed by atoms with Crippen LogP contribution >= 0.6 is 0 Å². The van der Waals surface area contributed by atoms with Gasteiger partial charge < -0.3 is 24.6 Å². The van der Waals surface area contributed by atoms with E-state index < -0.39 is 35.7 Å². The minimum absolute atomic E-state index is 0.438. The quantitative estimate of drug-likeness (QED) is 0.0407. The highest BCUT2D eigenvalue weighted by Crippen LogP contribution is 2.22. The summed E-state index contributed by atoms with van der Waals surface area (Å²) >= 11 is 0. The molecule has 2 N–H and O–H groups in total. The molecule has 270 valence electrons. The third kappa shape index (κ3) is 25.2. The van der Waals surface area contributed by atoms with E-state index in [1.54, 1.807) is 20.8 Å². The number of carbonyl (C=O) groups excluding carboxylic acids is 1. The summed E-state index contributed by atoms with van der Waals surface area (Å²) in [7, 11) is 0. The number of hydrogen-bond donors (Lipinski definition) is 2. The number of aliphatic carboxylic acids is 3. The Morgan fingerprint density at radius 1 is 0.522 bits per heavy atom. The van der Waals surface area contributed by atoms with Crippen molar-refractivity contribution in [3.63, 3.8) is 0 Å². The molecule has 3 atom stereocenters. The van der Waals surface area contributed by atoms with Crippen LogP contribution in [0.2, 0.25) is 0 Å². The van der Waals surface area contributed by atoms with Crippen LogP contribution in [0.1, 0.15) is 175 Å². The Balaban J connectivity index is 4.34. The first-order chi connectivity index (χ1) is 22.0. The lowest BCUT2D eigenvalue weighted by Gasteiger charge is -2.41. The lowest BCUT2D eigenvalue weighted by molar-refractivity contribution is -0.929. The molecule has 7 nitrogen and oxygen atoms in total. The van der Waals surface area contributed by atoms with Crippen LogP contribution in [0.25, 0.3) is 0 Å². The summed E-state index contributed by atoms with van der Waals surface area (Å²) in [6, 6.07) is 0. The van der Waals surface area contributed by atoms with Gasteiger partial charge in [-0.25, -0.2) is 0 Å². The zero-order valence-corrected chi connectivity index (χ0v) is 30.5. The first-order valence-corrected chi connectivity index (χ1v) is 19.2. The second-order valence-electron chi connectivity index (χ2n) is 14.4. The molecule has 0 aliphatic carbocycles. The van der Waals surface area contributed by atoms with Crippen LogP contribution in [-0.2, 0) is 14.4 Å². The molecule has 46 heavy (non-hydrogen) atoms. The SMILES string of the molecule is CCCCCCCCCCCCCCCCC/C=C/CCCCC[N+](CCC(C)C(=O)[O-])(CCC(C)C(=O)O)CCC(C)C(=O)O. The number of quaternary nitrogens is 1. The van der Waals surface area contributed by atoms with Crippen molar-refractivity contribution in [2.45, 2.75) is 175 Å². The minimum atomic E-state index is -1.08. The highest BCUT2D eigenvalue weighted by molar-refractivity contribution is 5.69. The molecule has 0 rings (SSSR count). The summed E-state index contributed by atoms with van der Waals surface area (Å²) in [5, 5.41) is 30.3. The first kappa shape index (κ1) is 44.1. The van der Waals surface area contributed by atoms with Gasteiger partial charge in [-0.05, 0) is 38.5 Å². The average Bonchev–Trinajstić information content (AvgIpc) is 3.03. The van der Waals surface area contributed by atoms with E-state index >= 15 is 0 Å². The van der Waals surface area contributed by atoms with Crippen molar-refractivity contribution in [3.8, 4) is 0 Å². The van der Waals surface area contributed by atoms with Crippen LogP contribution in [0.15, 0.2) is 12.2 Å². The molecule has 0 spiro atoms. The first-order valence-electron chi connectivity index (χ1n) is 19.2. The van der Waals surface area contributed by atoms with E-state index in [9.17, 15) is 29.7 Å². The Labute approximate surface area is 283 Å². The van der Waals surface area contributed by atoms with Crippen LogP contribution in [0.5, 0.6) is 0 Å². The summed E-state index contributed by atoms with van der Waals surface area (Å²) < 4.78 is 0.571. The van der Waals surface area contributed by atoms with E-state index in [2.05, 4.69) is 19.1 Å². The standard InChI is InChI=1S/C39H73NO6/c1-5-6-7-8-9-10-11-12-13-14-15-16-17-18-19-20-21-22-23-24-25-26-30-40(31-27-34(2)37(41)42,32-28-35(3)38(43)44)33-29-36(4)39(45)46/h21-22,34-36H,5-20,23-33H2,1-4H3,(H2-,41,42,43,44,45,46)/b22-21+. The van der Waals surface area contributed by atoms with E-state index in [-0.39, 0.29) is 0 Å². The summed E-state index contributed by atoms with van der Waals surface area (Å²) in [5.74, 6) is -4.34. The van der Waals surface area contributed by atoms with Crippen molar-refractivity contribution in [2.75, 3.05) is 26.2 Å². The van der Waals surface area contributed by atoms with E-state index in [0.29, 0.717) is 43.4 Å². The molecule has 0 saturated heterocycles. The number of carboxylic acid groups (broad SMARTS) is 3. The molecule has 0 aromatic heterocycles. The largest absolute Gasteiger partial charge is 0.550 e. The average molecular weight is 652 g/mol. The number of carbonyl (C=O) groups is 3. The Bertz CT molecular complexity index is 738. The zero-order chi connectivity index (χ0) is 34.5. The van der Waals surface area contributed by atoms with Gasteiger partial charge in [-0.1, -0.05) is 130 Å². The van der Waals surface area contributed by atoms with Crippen molar-refractivity contribution >= 4 is 17.9 Å². The Morgan fingerprint density at radius 3 is 1.20 bits per heavy atom. The van der Waals surface area contributed by atoms with Gasteiger partial charge in [-0.15, -0.1) is 0 Å². The minimum Gasteiger partial charge on any atom is -0.550 e. The van der Waals surface area contributed by atoms with E-state index in [1.165, 1.54) is 96.3 Å². The highest BCUT2D eigenvalue weighted by Gasteiger charge is 2.30. The number of allylic oxidation sites excluding steroid dienone is 2. The second-order valence-corrected chi connectivity index (χ2v) is 14.4. The molecule has 0 aliphatic heterocycles. The van der Waals surface area contributed by atoms with Gasteiger partial charge >= 0.3 is 11.9 Å². The van der Waals surface area contributed by atoms with Gasteiger partial charge in [0.15, 0.2) is 0 Å². The van der Waals surface area contributed by atoms with Gasteiger partial charge in [0.25, 0.3) is 0 Å². The Kier molecular flexibility index (Phi) is 28.1. The van der Waals surface area contributed by atoms with Gasteiger partial charge in [-0.2, -0.15) is 0 Å². The fraction of sp³-hybridized carbons (Fsp3) is 0.872. The molecule has 0 fully saturated rings. The van der Waals surface area contributed by atoms with Gasteiger partial charge in [0, 0.05) is 31.1 Å². The van der Waals surface area contributed by atoms with Crippen LogP contribution in [-0.4, -0.2) is 58.8 Å². The van der Waals surface area contributed by atoms with Crippen molar-refractivity contribution < 1.29 is 34.2 Å². The molecule has 0 aromatic rings. The van der Waals surface area contributed by atoms with Gasteiger partial charge in [0.2, 0.25) is 0 Å². The van der Waals surface area contributed by atoms with Crippen LogP contribution in [0, 0.1) is 17.8 Å². The van der Waals surface area contributed by atoms with E-state index in [4.69, 9.17) is 0 Å². The maximum Gasteiger partial charge on any atom is 0.306 e. The van der Waals surface area contributed by atoms with Crippen molar-refractivity contribution in [1.82, 2.24) is 0 Å². The smallest absolute Gasteiger partial charge is 0.306 e. The Morgan fingerprint density at radius 2 is 0.848 bits per heavy atom. The summed E-state index contributed by atoms with van der Waals surface area (Å²) in [4.78, 5) is 34.4. The maximum absolute atomic E-state index is 11.5.